The van der Waals surface area contributed by atoms with Crippen LogP contribution in [0.5, 0.6) is 0 Å². The predicted octanol–water partition coefficient (Wildman–Crippen LogP) is -0.656. The summed E-state index contributed by atoms with van der Waals surface area (Å²) in [6.07, 6.45) is 2.69. The predicted molar refractivity (Wildman–Crippen MR) is 79.6 cm³/mol. The third kappa shape index (κ3) is 1.75. The van der Waals surface area contributed by atoms with Gasteiger partial charge >= 0.3 is 5.69 Å². The van der Waals surface area contributed by atoms with E-state index < -0.39 is 0 Å². The van der Waals surface area contributed by atoms with Crippen LogP contribution in [0.4, 0.5) is 0 Å². The van der Waals surface area contributed by atoms with Gasteiger partial charge in [-0.25, -0.2) is 4.79 Å². The molecule has 0 aliphatic heterocycles. The van der Waals surface area contributed by atoms with E-state index in [-0.39, 0.29) is 11.2 Å². The van der Waals surface area contributed by atoms with Crippen molar-refractivity contribution < 1.29 is 0 Å². The van der Waals surface area contributed by atoms with Gasteiger partial charge in [-0.05, 0) is 19.9 Å². The molecule has 0 aliphatic carbocycles. The van der Waals surface area contributed by atoms with Gasteiger partial charge in [-0.2, -0.15) is 4.98 Å². The standard InChI is InChI=1S/C13H18N6O2/c1-8-7-19-9-10(15-12(19)18(8)6-4-5-14)16(2)13(21)17(3)11(9)20/h7H,4-6,14H2,1-3H3. The molecule has 3 aromatic heterocycles. The second kappa shape index (κ2) is 4.59. The molecule has 0 spiro atoms. The molecule has 0 atom stereocenters. The van der Waals surface area contributed by atoms with Crippen LogP contribution < -0.4 is 17.0 Å². The first kappa shape index (κ1) is 13.6. The second-order valence-corrected chi connectivity index (χ2v) is 5.22. The van der Waals surface area contributed by atoms with Gasteiger partial charge in [0, 0.05) is 32.5 Å². The minimum atomic E-state index is -0.376. The van der Waals surface area contributed by atoms with E-state index in [4.69, 9.17) is 5.73 Å². The van der Waals surface area contributed by atoms with Crippen LogP contribution in [0.15, 0.2) is 15.8 Å². The van der Waals surface area contributed by atoms with Crippen molar-refractivity contribution in [2.24, 2.45) is 19.8 Å². The summed E-state index contributed by atoms with van der Waals surface area (Å²) in [7, 11) is 3.09. The van der Waals surface area contributed by atoms with Crippen molar-refractivity contribution in [2.75, 3.05) is 6.54 Å². The molecule has 0 radical (unpaired) electrons. The molecule has 0 aromatic carbocycles. The summed E-state index contributed by atoms with van der Waals surface area (Å²) in [5, 5.41) is 0. The molecule has 8 heteroatoms. The number of nitrogens with two attached hydrogens (primary N) is 1. The van der Waals surface area contributed by atoms with Crippen molar-refractivity contribution in [3.8, 4) is 0 Å². The van der Waals surface area contributed by atoms with Crippen molar-refractivity contribution >= 4 is 16.9 Å². The maximum absolute atomic E-state index is 12.4. The average Bonchev–Trinajstić information content (AvgIpc) is 2.96. The minimum Gasteiger partial charge on any atom is -0.330 e. The lowest BCUT2D eigenvalue weighted by Gasteiger charge is -2.03. The summed E-state index contributed by atoms with van der Waals surface area (Å²) in [4.78, 5) is 28.8. The molecular weight excluding hydrogens is 272 g/mol. The number of imidazole rings is 2. The lowest BCUT2D eigenvalue weighted by atomic mass is 10.4. The SMILES string of the molecule is Cc1cn2c3c(=O)n(C)c(=O)n(C)c3nc2n1CCCN. The largest absolute Gasteiger partial charge is 0.332 e. The molecule has 3 aromatic rings. The van der Waals surface area contributed by atoms with Crippen LogP contribution in [-0.2, 0) is 20.6 Å². The Balaban J connectivity index is 2.45. The molecule has 0 amide bonds. The van der Waals surface area contributed by atoms with Crippen LogP contribution in [0.3, 0.4) is 0 Å². The fourth-order valence-corrected chi connectivity index (χ4v) is 2.66. The van der Waals surface area contributed by atoms with Crippen LogP contribution in [0.25, 0.3) is 16.9 Å². The van der Waals surface area contributed by atoms with Crippen molar-refractivity contribution in [1.29, 1.82) is 0 Å². The lowest BCUT2D eigenvalue weighted by molar-refractivity contribution is 0.650. The minimum absolute atomic E-state index is 0.337. The molecule has 0 aliphatic rings. The molecule has 3 heterocycles. The molecule has 112 valence electrons. The van der Waals surface area contributed by atoms with Crippen molar-refractivity contribution in [1.82, 2.24) is 23.1 Å². The molecule has 8 nitrogen and oxygen atoms in total. The maximum atomic E-state index is 12.4. The first-order chi connectivity index (χ1) is 9.97. The van der Waals surface area contributed by atoms with Gasteiger partial charge < -0.3 is 10.3 Å². The average molecular weight is 290 g/mol. The second-order valence-electron chi connectivity index (χ2n) is 5.22. The Morgan fingerprint density at radius 3 is 2.62 bits per heavy atom. The molecule has 21 heavy (non-hydrogen) atoms. The van der Waals surface area contributed by atoms with Crippen LogP contribution >= 0.6 is 0 Å². The Bertz CT molecular complexity index is 955. The summed E-state index contributed by atoms with van der Waals surface area (Å²) >= 11 is 0. The molecule has 2 N–H and O–H groups in total. The monoisotopic (exact) mass is 290 g/mol. The van der Waals surface area contributed by atoms with E-state index in [0.717, 1.165) is 23.2 Å². The maximum Gasteiger partial charge on any atom is 0.332 e. The Kier molecular flexibility index (Phi) is 2.98. The van der Waals surface area contributed by atoms with Gasteiger partial charge in [0.1, 0.15) is 0 Å². The highest BCUT2D eigenvalue weighted by molar-refractivity contribution is 5.75. The van der Waals surface area contributed by atoms with Crippen LogP contribution in [-0.4, -0.2) is 29.6 Å². The normalized spacial score (nSPS) is 11.8. The molecular formula is C13H18N6O2. The van der Waals surface area contributed by atoms with Crippen molar-refractivity contribution in [3.63, 3.8) is 0 Å². The lowest BCUT2D eigenvalue weighted by Crippen LogP contribution is -2.37. The summed E-state index contributed by atoms with van der Waals surface area (Å²) in [6.45, 7) is 3.28. The van der Waals surface area contributed by atoms with Gasteiger partial charge in [0.25, 0.3) is 5.56 Å². The Labute approximate surface area is 120 Å². The van der Waals surface area contributed by atoms with E-state index in [9.17, 15) is 9.59 Å². The Hall–Kier alpha value is -2.35. The van der Waals surface area contributed by atoms with E-state index in [1.807, 2.05) is 17.7 Å². The zero-order valence-electron chi connectivity index (χ0n) is 12.3. The summed E-state index contributed by atoms with van der Waals surface area (Å²) in [5.74, 6) is 0.661. The summed E-state index contributed by atoms with van der Waals surface area (Å²) in [5.41, 5.74) is 6.68. The highest BCUT2D eigenvalue weighted by Gasteiger charge is 2.18. The van der Waals surface area contributed by atoms with E-state index >= 15 is 0 Å². The first-order valence-electron chi connectivity index (χ1n) is 6.81. The van der Waals surface area contributed by atoms with Crippen LogP contribution in [0.1, 0.15) is 12.1 Å². The number of rotatable bonds is 3. The molecule has 0 unspecified atom stereocenters. The molecule has 0 bridgehead atoms. The van der Waals surface area contributed by atoms with Crippen molar-refractivity contribution in [2.45, 2.75) is 19.9 Å². The third-order valence-electron chi connectivity index (χ3n) is 3.84. The van der Waals surface area contributed by atoms with E-state index in [1.165, 1.54) is 11.6 Å². The van der Waals surface area contributed by atoms with Gasteiger partial charge in [-0.1, -0.05) is 0 Å². The smallest absolute Gasteiger partial charge is 0.330 e. The van der Waals surface area contributed by atoms with E-state index in [2.05, 4.69) is 4.98 Å². The van der Waals surface area contributed by atoms with Crippen LogP contribution in [0, 0.1) is 6.92 Å². The third-order valence-corrected chi connectivity index (χ3v) is 3.84. The van der Waals surface area contributed by atoms with Crippen LogP contribution in [0.2, 0.25) is 0 Å². The number of nitrogens with zero attached hydrogens (tertiary/aromatic N) is 5. The number of hydrogen-bond donors (Lipinski definition) is 1. The van der Waals surface area contributed by atoms with Gasteiger partial charge in [-0.3, -0.25) is 18.3 Å². The summed E-state index contributed by atoms with van der Waals surface area (Å²) in [6, 6.07) is 0. The highest BCUT2D eigenvalue weighted by Crippen LogP contribution is 2.16. The molecule has 0 saturated heterocycles. The van der Waals surface area contributed by atoms with Gasteiger partial charge in [-0.15, -0.1) is 0 Å². The zero-order chi connectivity index (χ0) is 15.3. The highest BCUT2D eigenvalue weighted by atomic mass is 16.2. The number of aromatic nitrogens is 5. The topological polar surface area (TPSA) is 92.2 Å². The summed E-state index contributed by atoms with van der Waals surface area (Å²) < 4.78 is 6.26. The zero-order valence-corrected chi connectivity index (χ0v) is 12.3. The van der Waals surface area contributed by atoms with Crippen molar-refractivity contribution in [3.05, 3.63) is 32.7 Å². The number of hydrogen-bond acceptors (Lipinski definition) is 4. The Morgan fingerprint density at radius 2 is 1.95 bits per heavy atom. The fraction of sp³-hybridized carbons (Fsp3) is 0.462. The van der Waals surface area contributed by atoms with Gasteiger partial charge in [0.2, 0.25) is 5.78 Å². The van der Waals surface area contributed by atoms with Gasteiger partial charge in [0.15, 0.2) is 11.2 Å². The fourth-order valence-electron chi connectivity index (χ4n) is 2.66. The van der Waals surface area contributed by atoms with E-state index in [1.54, 1.807) is 11.4 Å². The Morgan fingerprint density at radius 1 is 1.24 bits per heavy atom. The van der Waals surface area contributed by atoms with Gasteiger partial charge in [0.05, 0.1) is 0 Å². The molecule has 3 rings (SSSR count). The number of fused-ring (bicyclic) bond motifs is 3. The first-order valence-corrected chi connectivity index (χ1v) is 6.81. The quantitative estimate of drug-likeness (QED) is 0.693. The van der Waals surface area contributed by atoms with E-state index in [0.29, 0.717) is 23.5 Å². The molecule has 0 saturated carbocycles. The number of aryl methyl sites for hydroxylation is 3. The molecule has 0 fully saturated rings.